The Balaban J connectivity index is 2.95. The number of pyridine rings is 1. The van der Waals surface area contributed by atoms with Crippen LogP contribution < -0.4 is 5.56 Å². The van der Waals surface area contributed by atoms with Gasteiger partial charge >= 0.3 is 0 Å². The minimum absolute atomic E-state index is 0.0787. The van der Waals surface area contributed by atoms with E-state index in [0.717, 1.165) is 5.56 Å². The fourth-order valence-corrected chi connectivity index (χ4v) is 1.45. The molecule has 4 heteroatoms. The van der Waals surface area contributed by atoms with Gasteiger partial charge in [0.2, 0.25) is 0 Å². The van der Waals surface area contributed by atoms with Gasteiger partial charge in [-0.05, 0) is 40.5 Å². The number of rotatable bonds is 0. The first kappa shape index (κ1) is 8.44. The Hall–Kier alpha value is -1.16. The van der Waals surface area contributed by atoms with Gasteiger partial charge in [0, 0.05) is 12.4 Å². The third-order valence-corrected chi connectivity index (χ3v) is 2.37. The summed E-state index contributed by atoms with van der Waals surface area (Å²) in [5, 5.41) is 0. The van der Waals surface area contributed by atoms with E-state index in [1.165, 1.54) is 10.6 Å². The predicted octanol–water partition coefficient (Wildman–Crippen LogP) is 1.77. The average molecular weight is 239 g/mol. The molecule has 3 nitrogen and oxygen atoms in total. The summed E-state index contributed by atoms with van der Waals surface area (Å²) in [6, 6.07) is 3.75. The predicted molar refractivity (Wildman–Crippen MR) is 53.9 cm³/mol. The van der Waals surface area contributed by atoms with Crippen LogP contribution in [0.15, 0.2) is 33.8 Å². The number of nitrogens with zero attached hydrogens (tertiary/aromatic N) is 2. The van der Waals surface area contributed by atoms with Gasteiger partial charge in [0.05, 0.1) is 0 Å². The molecular weight excluding hydrogens is 232 g/mol. The van der Waals surface area contributed by atoms with Gasteiger partial charge in [0.25, 0.3) is 5.56 Å². The van der Waals surface area contributed by atoms with E-state index >= 15 is 0 Å². The SMILES string of the molecule is Cc1ccn2c(=O)c(Br)cnc2c1. The average Bonchev–Trinajstić information content (AvgIpc) is 2.12. The van der Waals surface area contributed by atoms with Crippen LogP contribution in [0.3, 0.4) is 0 Å². The molecule has 0 N–H and O–H groups in total. The molecule has 0 bridgehead atoms. The molecule has 0 amide bonds. The molecule has 0 atom stereocenters. The Labute approximate surface area is 83.2 Å². The zero-order chi connectivity index (χ0) is 9.42. The van der Waals surface area contributed by atoms with E-state index in [0.29, 0.717) is 10.1 Å². The minimum atomic E-state index is -0.0787. The second-order valence-electron chi connectivity index (χ2n) is 2.84. The summed E-state index contributed by atoms with van der Waals surface area (Å²) in [4.78, 5) is 15.6. The standard InChI is InChI=1S/C9H7BrN2O/c1-6-2-3-12-8(4-6)11-5-7(10)9(12)13/h2-5H,1H3. The summed E-state index contributed by atoms with van der Waals surface area (Å²) >= 11 is 3.14. The fraction of sp³-hybridized carbons (Fsp3) is 0.111. The Kier molecular flexibility index (Phi) is 1.92. The zero-order valence-corrected chi connectivity index (χ0v) is 8.58. The van der Waals surface area contributed by atoms with Crippen LogP contribution in [0.1, 0.15) is 5.56 Å². The maximum absolute atomic E-state index is 11.5. The highest BCUT2D eigenvalue weighted by Gasteiger charge is 2.00. The lowest BCUT2D eigenvalue weighted by Gasteiger charge is -2.00. The first-order chi connectivity index (χ1) is 6.18. The lowest BCUT2D eigenvalue weighted by molar-refractivity contribution is 1.02. The summed E-state index contributed by atoms with van der Waals surface area (Å²) in [5.41, 5.74) is 1.69. The van der Waals surface area contributed by atoms with Crippen LogP contribution in [-0.4, -0.2) is 9.38 Å². The maximum atomic E-state index is 11.5. The summed E-state index contributed by atoms with van der Waals surface area (Å²) < 4.78 is 1.99. The number of hydrogen-bond acceptors (Lipinski definition) is 2. The van der Waals surface area contributed by atoms with Crippen molar-refractivity contribution in [2.75, 3.05) is 0 Å². The van der Waals surface area contributed by atoms with Gasteiger partial charge in [-0.15, -0.1) is 0 Å². The Bertz CT molecular complexity index is 518. The molecule has 0 aliphatic heterocycles. The molecule has 2 aromatic heterocycles. The molecule has 0 aliphatic rings. The molecule has 13 heavy (non-hydrogen) atoms. The van der Waals surface area contributed by atoms with Crippen molar-refractivity contribution < 1.29 is 0 Å². The topological polar surface area (TPSA) is 34.4 Å². The van der Waals surface area contributed by atoms with Gasteiger partial charge in [-0.25, -0.2) is 4.98 Å². The summed E-state index contributed by atoms with van der Waals surface area (Å²) in [5.74, 6) is 0. The van der Waals surface area contributed by atoms with Crippen molar-refractivity contribution in [3.8, 4) is 0 Å². The van der Waals surface area contributed by atoms with Crippen LogP contribution in [-0.2, 0) is 0 Å². The fourth-order valence-electron chi connectivity index (χ4n) is 1.15. The van der Waals surface area contributed by atoms with Crippen molar-refractivity contribution in [1.29, 1.82) is 0 Å². The molecule has 2 rings (SSSR count). The monoisotopic (exact) mass is 238 g/mol. The molecule has 0 unspecified atom stereocenters. The molecule has 0 radical (unpaired) electrons. The first-order valence-corrected chi connectivity index (χ1v) is 4.61. The van der Waals surface area contributed by atoms with E-state index in [-0.39, 0.29) is 5.56 Å². The number of aryl methyl sites for hydroxylation is 1. The summed E-state index contributed by atoms with van der Waals surface area (Å²) in [6.07, 6.45) is 3.25. The van der Waals surface area contributed by atoms with Crippen molar-refractivity contribution in [1.82, 2.24) is 9.38 Å². The van der Waals surface area contributed by atoms with Gasteiger partial charge < -0.3 is 0 Å². The molecule has 0 spiro atoms. The first-order valence-electron chi connectivity index (χ1n) is 3.82. The number of fused-ring (bicyclic) bond motifs is 1. The van der Waals surface area contributed by atoms with Gasteiger partial charge in [0.1, 0.15) is 10.1 Å². The summed E-state index contributed by atoms with van der Waals surface area (Å²) in [6.45, 7) is 1.97. The lowest BCUT2D eigenvalue weighted by atomic mass is 10.3. The normalized spacial score (nSPS) is 10.6. The summed E-state index contributed by atoms with van der Waals surface area (Å²) in [7, 11) is 0. The van der Waals surface area contributed by atoms with Gasteiger partial charge in [-0.3, -0.25) is 9.20 Å². The molecular formula is C9H7BrN2O. The quantitative estimate of drug-likeness (QED) is 0.702. The van der Waals surface area contributed by atoms with E-state index in [1.54, 1.807) is 6.20 Å². The number of hydrogen-bond donors (Lipinski definition) is 0. The van der Waals surface area contributed by atoms with Crippen molar-refractivity contribution in [2.24, 2.45) is 0 Å². The van der Waals surface area contributed by atoms with Crippen molar-refractivity contribution in [3.63, 3.8) is 0 Å². The van der Waals surface area contributed by atoms with Crippen LogP contribution in [0.2, 0.25) is 0 Å². The number of aromatic nitrogens is 2. The Morgan fingerprint density at radius 3 is 3.08 bits per heavy atom. The highest BCUT2D eigenvalue weighted by molar-refractivity contribution is 9.10. The van der Waals surface area contributed by atoms with Gasteiger partial charge in [-0.1, -0.05) is 0 Å². The smallest absolute Gasteiger partial charge is 0.268 e. The lowest BCUT2D eigenvalue weighted by Crippen LogP contribution is -2.14. The third-order valence-electron chi connectivity index (χ3n) is 1.82. The molecule has 0 fully saturated rings. The van der Waals surface area contributed by atoms with E-state index in [1.807, 2.05) is 19.1 Å². The van der Waals surface area contributed by atoms with Crippen LogP contribution >= 0.6 is 15.9 Å². The Morgan fingerprint density at radius 2 is 2.31 bits per heavy atom. The maximum Gasteiger partial charge on any atom is 0.272 e. The second kappa shape index (κ2) is 2.96. The number of halogens is 1. The zero-order valence-electron chi connectivity index (χ0n) is 6.99. The molecule has 2 heterocycles. The molecule has 0 saturated heterocycles. The highest BCUT2D eigenvalue weighted by atomic mass is 79.9. The van der Waals surface area contributed by atoms with Crippen LogP contribution in [0.4, 0.5) is 0 Å². The van der Waals surface area contributed by atoms with Gasteiger partial charge in [0.15, 0.2) is 0 Å². The van der Waals surface area contributed by atoms with Crippen molar-refractivity contribution >= 4 is 21.6 Å². The van der Waals surface area contributed by atoms with E-state index in [2.05, 4.69) is 20.9 Å². The third kappa shape index (κ3) is 1.37. The van der Waals surface area contributed by atoms with Crippen molar-refractivity contribution in [2.45, 2.75) is 6.92 Å². The molecule has 66 valence electrons. The van der Waals surface area contributed by atoms with Crippen LogP contribution in [0.25, 0.3) is 5.65 Å². The van der Waals surface area contributed by atoms with E-state index in [4.69, 9.17) is 0 Å². The highest BCUT2D eigenvalue weighted by Crippen LogP contribution is 2.05. The van der Waals surface area contributed by atoms with E-state index in [9.17, 15) is 4.79 Å². The Morgan fingerprint density at radius 1 is 1.54 bits per heavy atom. The van der Waals surface area contributed by atoms with Crippen molar-refractivity contribution in [3.05, 3.63) is 44.9 Å². The molecule has 0 aliphatic carbocycles. The van der Waals surface area contributed by atoms with Crippen LogP contribution in [0.5, 0.6) is 0 Å². The van der Waals surface area contributed by atoms with Gasteiger partial charge in [-0.2, -0.15) is 0 Å². The molecule has 2 aromatic rings. The second-order valence-corrected chi connectivity index (χ2v) is 3.70. The van der Waals surface area contributed by atoms with E-state index < -0.39 is 0 Å². The molecule has 0 saturated carbocycles. The minimum Gasteiger partial charge on any atom is -0.268 e. The largest absolute Gasteiger partial charge is 0.272 e. The van der Waals surface area contributed by atoms with Crippen LogP contribution in [0, 0.1) is 6.92 Å². The molecule has 0 aromatic carbocycles.